The van der Waals surface area contributed by atoms with E-state index >= 15 is 0 Å². The first kappa shape index (κ1) is 23.6. The lowest BCUT2D eigenvalue weighted by Crippen LogP contribution is -2.45. The Kier molecular flexibility index (Phi) is 7.35. The highest BCUT2D eigenvalue weighted by Crippen LogP contribution is 2.54. The van der Waals surface area contributed by atoms with E-state index in [1.54, 1.807) is 19.1 Å². The van der Waals surface area contributed by atoms with Gasteiger partial charge in [-0.3, -0.25) is 4.79 Å². The molecule has 0 fully saturated rings. The second-order valence-electron chi connectivity index (χ2n) is 9.74. The molecule has 0 saturated heterocycles. The van der Waals surface area contributed by atoms with E-state index in [1.807, 2.05) is 6.07 Å². The minimum Gasteiger partial charge on any atom is -0.507 e. The molecule has 0 aromatic heterocycles. The summed E-state index contributed by atoms with van der Waals surface area (Å²) in [6.07, 6.45) is 8.26. The van der Waals surface area contributed by atoms with E-state index in [0.717, 1.165) is 55.4 Å². The summed E-state index contributed by atoms with van der Waals surface area (Å²) in [5.41, 5.74) is 3.12. The number of benzene rings is 1. The molecule has 1 aliphatic heterocycles. The van der Waals surface area contributed by atoms with Gasteiger partial charge in [-0.2, -0.15) is 0 Å². The molecule has 5 heteroatoms. The predicted octanol–water partition coefficient (Wildman–Crippen LogP) is 5.45. The maximum Gasteiger partial charge on any atom is 0.257 e. The zero-order valence-corrected chi connectivity index (χ0v) is 20.1. The average molecular weight is 430 g/mol. The van der Waals surface area contributed by atoms with Gasteiger partial charge in [-0.05, 0) is 58.1 Å². The highest BCUT2D eigenvalue weighted by molar-refractivity contribution is 5.99. The highest BCUT2D eigenvalue weighted by atomic mass is 16.5. The molecule has 1 N–H and O–H groups in total. The lowest BCUT2D eigenvalue weighted by Gasteiger charge is -2.46. The number of allylic oxidation sites excluding steroid dienone is 2. The number of hydrogen-bond acceptors (Lipinski definition) is 4. The van der Waals surface area contributed by atoms with Crippen LogP contribution in [0.2, 0.25) is 0 Å². The van der Waals surface area contributed by atoms with Crippen LogP contribution >= 0.6 is 0 Å². The Balaban J connectivity index is 2.13. The van der Waals surface area contributed by atoms with Crippen LogP contribution in [0.25, 0.3) is 0 Å². The molecule has 5 nitrogen and oxygen atoms in total. The summed E-state index contributed by atoms with van der Waals surface area (Å²) in [5.74, 6) is 1.02. The molecule has 1 aliphatic carbocycles. The average Bonchev–Trinajstić information content (AvgIpc) is 2.71. The Labute approximate surface area is 187 Å². The molecule has 0 spiro atoms. The Hall–Kier alpha value is -2.01. The Morgan fingerprint density at radius 3 is 2.77 bits per heavy atom. The zero-order valence-electron chi connectivity index (χ0n) is 20.1. The first-order valence-electron chi connectivity index (χ1n) is 11.7. The van der Waals surface area contributed by atoms with Crippen molar-refractivity contribution in [2.75, 3.05) is 27.3 Å². The number of hydrogen-bond donors (Lipinski definition) is 1. The van der Waals surface area contributed by atoms with Crippen molar-refractivity contribution in [1.29, 1.82) is 0 Å². The van der Waals surface area contributed by atoms with Crippen molar-refractivity contribution in [3.8, 4) is 11.5 Å². The molecule has 1 amide bonds. The minimum absolute atomic E-state index is 0.0630. The van der Waals surface area contributed by atoms with E-state index in [0.29, 0.717) is 18.7 Å². The maximum atomic E-state index is 13.4. The number of fused-ring (bicyclic) bond motifs is 3. The molecule has 1 aromatic carbocycles. The third kappa shape index (κ3) is 4.77. The molecule has 0 radical (unpaired) electrons. The Morgan fingerprint density at radius 1 is 1.35 bits per heavy atom. The third-order valence-corrected chi connectivity index (χ3v) is 6.97. The molecule has 1 heterocycles. The summed E-state index contributed by atoms with van der Waals surface area (Å²) in [7, 11) is 3.39. The number of phenolic OH excluding ortho intramolecular Hbond substituents is 1. The van der Waals surface area contributed by atoms with Crippen LogP contribution < -0.4 is 4.74 Å². The maximum absolute atomic E-state index is 13.4. The number of aromatic hydroxyl groups is 1. The number of amides is 1. The summed E-state index contributed by atoms with van der Waals surface area (Å²) >= 11 is 0. The second-order valence-corrected chi connectivity index (χ2v) is 9.74. The number of likely N-dealkylation sites (N-methyl/N-ethyl adjacent to an activating group) is 1. The van der Waals surface area contributed by atoms with Crippen LogP contribution in [0.3, 0.4) is 0 Å². The van der Waals surface area contributed by atoms with E-state index < -0.39 is 0 Å². The lowest BCUT2D eigenvalue weighted by atomic mass is 9.67. The van der Waals surface area contributed by atoms with Crippen molar-refractivity contribution in [2.24, 2.45) is 5.92 Å². The number of unbranched alkanes of at least 4 members (excludes halogenated alkanes) is 2. The predicted molar refractivity (Wildman–Crippen MR) is 124 cm³/mol. The normalized spacial score (nSPS) is 21.5. The van der Waals surface area contributed by atoms with Crippen LogP contribution in [0.15, 0.2) is 17.7 Å². The van der Waals surface area contributed by atoms with E-state index in [4.69, 9.17) is 9.47 Å². The van der Waals surface area contributed by atoms with Gasteiger partial charge in [0.15, 0.2) is 0 Å². The molecule has 2 aliphatic rings. The number of carbonyl (C=O) groups is 1. The second kappa shape index (κ2) is 9.64. The standard InChI is InChI=1S/C26H39NO4/c1-7-8-9-10-18-16-21-23(24(28)22(18)25(29)27(5)13-14-30-6)19-15-17(2)11-12-20(19)26(3,4)31-21/h15-16,19-20,28H,7-14H2,1-6H3. The third-order valence-electron chi connectivity index (χ3n) is 6.97. The zero-order chi connectivity index (χ0) is 22.8. The summed E-state index contributed by atoms with van der Waals surface area (Å²) in [6.45, 7) is 9.55. The van der Waals surface area contributed by atoms with Gasteiger partial charge in [-0.15, -0.1) is 0 Å². The Morgan fingerprint density at radius 2 is 2.10 bits per heavy atom. The molecule has 2 unspecified atom stereocenters. The molecular formula is C26H39NO4. The van der Waals surface area contributed by atoms with Crippen LogP contribution in [0, 0.1) is 5.92 Å². The first-order chi connectivity index (χ1) is 14.7. The van der Waals surface area contributed by atoms with E-state index in [9.17, 15) is 9.90 Å². The van der Waals surface area contributed by atoms with Crippen LogP contribution in [0.5, 0.6) is 11.5 Å². The molecule has 172 valence electrons. The van der Waals surface area contributed by atoms with Crippen LogP contribution in [-0.4, -0.2) is 48.8 Å². The van der Waals surface area contributed by atoms with Gasteiger partial charge < -0.3 is 19.5 Å². The van der Waals surface area contributed by atoms with Crippen LogP contribution in [0.4, 0.5) is 0 Å². The van der Waals surface area contributed by atoms with Crippen molar-refractivity contribution < 1.29 is 19.4 Å². The van der Waals surface area contributed by atoms with Gasteiger partial charge in [0.05, 0.1) is 12.2 Å². The monoisotopic (exact) mass is 429 g/mol. The van der Waals surface area contributed by atoms with Gasteiger partial charge in [0.2, 0.25) is 0 Å². The first-order valence-corrected chi connectivity index (χ1v) is 11.7. The summed E-state index contributed by atoms with van der Waals surface area (Å²) < 4.78 is 11.6. The smallest absolute Gasteiger partial charge is 0.257 e. The number of carbonyl (C=O) groups excluding carboxylic acids is 1. The van der Waals surface area contributed by atoms with Gasteiger partial charge >= 0.3 is 0 Å². The van der Waals surface area contributed by atoms with Crippen molar-refractivity contribution >= 4 is 5.91 Å². The molecule has 1 aromatic rings. The van der Waals surface area contributed by atoms with Crippen LogP contribution in [0.1, 0.15) is 87.2 Å². The number of rotatable bonds is 8. The molecular weight excluding hydrogens is 390 g/mol. The molecule has 3 rings (SSSR count). The number of methoxy groups -OCH3 is 1. The van der Waals surface area contributed by atoms with E-state index in [1.165, 1.54) is 5.57 Å². The van der Waals surface area contributed by atoms with Crippen molar-refractivity contribution in [3.63, 3.8) is 0 Å². The van der Waals surface area contributed by atoms with Crippen LogP contribution in [-0.2, 0) is 11.2 Å². The fourth-order valence-electron chi connectivity index (χ4n) is 5.13. The van der Waals surface area contributed by atoms with Crippen molar-refractivity contribution in [1.82, 2.24) is 4.90 Å². The largest absolute Gasteiger partial charge is 0.507 e. The van der Waals surface area contributed by atoms with Crippen molar-refractivity contribution in [3.05, 3.63) is 34.4 Å². The fraction of sp³-hybridized carbons (Fsp3) is 0.654. The summed E-state index contributed by atoms with van der Waals surface area (Å²) in [4.78, 5) is 15.1. The Bertz CT molecular complexity index is 842. The lowest BCUT2D eigenvalue weighted by molar-refractivity contribution is 0.0106. The highest BCUT2D eigenvalue weighted by Gasteiger charge is 2.46. The molecule has 0 saturated carbocycles. The molecule has 31 heavy (non-hydrogen) atoms. The quantitative estimate of drug-likeness (QED) is 0.441. The van der Waals surface area contributed by atoms with Gasteiger partial charge in [0.25, 0.3) is 5.91 Å². The summed E-state index contributed by atoms with van der Waals surface area (Å²) in [5, 5.41) is 11.5. The topological polar surface area (TPSA) is 59.0 Å². The number of phenols is 1. The fourth-order valence-corrected chi connectivity index (χ4v) is 5.13. The van der Waals surface area contributed by atoms with Gasteiger partial charge in [-0.25, -0.2) is 0 Å². The van der Waals surface area contributed by atoms with Gasteiger partial charge in [0, 0.05) is 38.1 Å². The number of aryl methyl sites for hydroxylation is 1. The molecule has 0 bridgehead atoms. The SMILES string of the molecule is CCCCCc1cc2c(c(O)c1C(=O)N(C)CCOC)C1C=C(C)CCC1C(C)(C)O2. The van der Waals surface area contributed by atoms with Gasteiger partial charge in [-0.1, -0.05) is 31.4 Å². The van der Waals surface area contributed by atoms with E-state index in [-0.39, 0.29) is 29.1 Å². The molecule has 2 atom stereocenters. The summed E-state index contributed by atoms with van der Waals surface area (Å²) in [6, 6.07) is 2.03. The number of ether oxygens (including phenoxy) is 2. The number of nitrogens with zero attached hydrogens (tertiary/aromatic N) is 1. The van der Waals surface area contributed by atoms with E-state index in [2.05, 4.69) is 33.8 Å². The minimum atomic E-state index is -0.317. The van der Waals surface area contributed by atoms with Crippen molar-refractivity contribution in [2.45, 2.75) is 77.7 Å². The van der Waals surface area contributed by atoms with Gasteiger partial charge in [0.1, 0.15) is 17.1 Å².